The fraction of sp³-hybridized carbons (Fsp3) is 0.600. The molecule has 1 rings (SSSR count). The van der Waals surface area contributed by atoms with Crippen LogP contribution in [0.25, 0.3) is 0 Å². The molecule has 0 saturated heterocycles. The Labute approximate surface area is 110 Å². The van der Waals surface area contributed by atoms with Crippen molar-refractivity contribution >= 4 is 0 Å². The number of hydrogen-bond donors (Lipinski definition) is 1. The van der Waals surface area contributed by atoms with Crippen LogP contribution in [0.2, 0.25) is 0 Å². The normalized spacial score (nSPS) is 14.7. The molecule has 0 spiro atoms. The monoisotopic (exact) mass is 251 g/mol. The summed E-state index contributed by atoms with van der Waals surface area (Å²) in [5.41, 5.74) is 7.09. The first-order valence-corrected chi connectivity index (χ1v) is 6.65. The van der Waals surface area contributed by atoms with Gasteiger partial charge >= 0.3 is 0 Å². The highest BCUT2D eigenvalue weighted by atomic mass is 16.7. The fourth-order valence-corrected chi connectivity index (χ4v) is 2.07. The summed E-state index contributed by atoms with van der Waals surface area (Å²) in [5, 5.41) is 0. The minimum atomic E-state index is -0.186. The Hall–Kier alpha value is -0.900. The Morgan fingerprint density at radius 1 is 1.11 bits per heavy atom. The zero-order valence-electron chi connectivity index (χ0n) is 11.7. The zero-order valence-corrected chi connectivity index (χ0v) is 11.7. The minimum Gasteiger partial charge on any atom is -0.353 e. The van der Waals surface area contributed by atoms with Gasteiger partial charge in [0, 0.05) is 31.6 Å². The van der Waals surface area contributed by atoms with Crippen molar-refractivity contribution in [3.63, 3.8) is 0 Å². The topological polar surface area (TPSA) is 44.5 Å². The molecule has 0 heterocycles. The number of ether oxygens (including phenoxy) is 2. The fourth-order valence-electron chi connectivity index (χ4n) is 2.07. The standard InChI is InChI=1S/C15H25NO2/c1-4-17-14(18-5-2)11-15(3,12-16)13-9-7-6-8-10-13/h6-10,14H,4-5,11-12,16H2,1-3H3/t15-/m1/s1. The summed E-state index contributed by atoms with van der Waals surface area (Å²) in [4.78, 5) is 0. The van der Waals surface area contributed by atoms with Crippen LogP contribution >= 0.6 is 0 Å². The van der Waals surface area contributed by atoms with Crippen LogP contribution in [-0.4, -0.2) is 26.0 Å². The molecule has 0 amide bonds. The maximum absolute atomic E-state index is 5.97. The third-order valence-corrected chi connectivity index (χ3v) is 3.24. The quantitative estimate of drug-likeness (QED) is 0.722. The van der Waals surface area contributed by atoms with Crippen molar-refractivity contribution < 1.29 is 9.47 Å². The number of benzene rings is 1. The molecule has 3 nitrogen and oxygen atoms in total. The summed E-state index contributed by atoms with van der Waals surface area (Å²) in [6.45, 7) is 8.00. The van der Waals surface area contributed by atoms with Crippen molar-refractivity contribution in [2.75, 3.05) is 19.8 Å². The first-order chi connectivity index (χ1) is 8.66. The van der Waals surface area contributed by atoms with Gasteiger partial charge in [0.1, 0.15) is 0 Å². The van der Waals surface area contributed by atoms with E-state index < -0.39 is 0 Å². The third-order valence-electron chi connectivity index (χ3n) is 3.24. The average molecular weight is 251 g/mol. The minimum absolute atomic E-state index is 0.115. The van der Waals surface area contributed by atoms with Gasteiger partial charge in [-0.15, -0.1) is 0 Å². The van der Waals surface area contributed by atoms with Crippen LogP contribution in [-0.2, 0) is 14.9 Å². The Balaban J connectivity index is 2.80. The van der Waals surface area contributed by atoms with Crippen molar-refractivity contribution in [3.8, 4) is 0 Å². The van der Waals surface area contributed by atoms with E-state index in [9.17, 15) is 0 Å². The lowest BCUT2D eigenvalue weighted by Gasteiger charge is -2.32. The van der Waals surface area contributed by atoms with Gasteiger partial charge < -0.3 is 15.2 Å². The van der Waals surface area contributed by atoms with E-state index in [4.69, 9.17) is 15.2 Å². The number of rotatable bonds is 8. The van der Waals surface area contributed by atoms with Gasteiger partial charge in [-0.25, -0.2) is 0 Å². The molecule has 102 valence electrons. The van der Waals surface area contributed by atoms with Crippen LogP contribution in [0.15, 0.2) is 30.3 Å². The van der Waals surface area contributed by atoms with Gasteiger partial charge in [-0.05, 0) is 19.4 Å². The SMILES string of the molecule is CCOC(C[C@](C)(CN)c1ccccc1)OCC. The molecule has 18 heavy (non-hydrogen) atoms. The summed E-state index contributed by atoms with van der Waals surface area (Å²) in [6.07, 6.45) is 0.587. The highest BCUT2D eigenvalue weighted by molar-refractivity contribution is 5.25. The summed E-state index contributed by atoms with van der Waals surface area (Å²) < 4.78 is 11.2. The molecule has 3 heteroatoms. The molecule has 0 aromatic heterocycles. The van der Waals surface area contributed by atoms with Crippen molar-refractivity contribution in [1.82, 2.24) is 0 Å². The second-order valence-electron chi connectivity index (χ2n) is 4.68. The maximum Gasteiger partial charge on any atom is 0.158 e. The molecular weight excluding hydrogens is 226 g/mol. The van der Waals surface area contributed by atoms with Gasteiger partial charge in [-0.2, -0.15) is 0 Å². The lowest BCUT2D eigenvalue weighted by Crippen LogP contribution is -2.37. The van der Waals surface area contributed by atoms with Crippen LogP contribution in [0.3, 0.4) is 0 Å². The van der Waals surface area contributed by atoms with E-state index in [0.717, 1.165) is 6.42 Å². The number of nitrogens with two attached hydrogens (primary N) is 1. The lowest BCUT2D eigenvalue weighted by atomic mass is 9.79. The first-order valence-electron chi connectivity index (χ1n) is 6.65. The van der Waals surface area contributed by atoms with Crippen molar-refractivity contribution in [2.24, 2.45) is 5.73 Å². The second kappa shape index (κ2) is 7.52. The predicted molar refractivity (Wildman–Crippen MR) is 74.5 cm³/mol. The van der Waals surface area contributed by atoms with Gasteiger partial charge in [-0.1, -0.05) is 37.3 Å². The third kappa shape index (κ3) is 4.09. The van der Waals surface area contributed by atoms with Gasteiger partial charge in [0.2, 0.25) is 0 Å². The Kier molecular flexibility index (Phi) is 6.33. The van der Waals surface area contributed by atoms with Crippen LogP contribution in [0.4, 0.5) is 0 Å². The number of hydrogen-bond acceptors (Lipinski definition) is 3. The smallest absolute Gasteiger partial charge is 0.158 e. The molecule has 1 atom stereocenters. The van der Waals surface area contributed by atoms with E-state index in [-0.39, 0.29) is 11.7 Å². The molecule has 1 aromatic carbocycles. The van der Waals surface area contributed by atoms with E-state index in [2.05, 4.69) is 19.1 Å². The molecule has 1 aromatic rings. The van der Waals surface area contributed by atoms with Gasteiger partial charge in [0.05, 0.1) is 0 Å². The maximum atomic E-state index is 5.97. The van der Waals surface area contributed by atoms with Crippen LogP contribution in [0, 0.1) is 0 Å². The Morgan fingerprint density at radius 2 is 1.67 bits per heavy atom. The molecular formula is C15H25NO2. The second-order valence-corrected chi connectivity index (χ2v) is 4.68. The van der Waals surface area contributed by atoms with Gasteiger partial charge in [0.25, 0.3) is 0 Å². The molecule has 0 bridgehead atoms. The molecule has 2 N–H and O–H groups in total. The Morgan fingerprint density at radius 3 is 2.11 bits per heavy atom. The highest BCUT2D eigenvalue weighted by Gasteiger charge is 2.29. The van der Waals surface area contributed by atoms with Crippen LogP contribution in [0.5, 0.6) is 0 Å². The molecule has 0 unspecified atom stereocenters. The van der Waals surface area contributed by atoms with E-state index in [0.29, 0.717) is 19.8 Å². The van der Waals surface area contributed by atoms with Crippen LogP contribution < -0.4 is 5.73 Å². The van der Waals surface area contributed by atoms with E-state index in [1.165, 1.54) is 5.56 Å². The van der Waals surface area contributed by atoms with Crippen LogP contribution in [0.1, 0.15) is 32.8 Å². The van der Waals surface area contributed by atoms with E-state index in [1.54, 1.807) is 0 Å². The van der Waals surface area contributed by atoms with Crippen molar-refractivity contribution in [3.05, 3.63) is 35.9 Å². The van der Waals surface area contributed by atoms with Gasteiger partial charge in [-0.3, -0.25) is 0 Å². The lowest BCUT2D eigenvalue weighted by molar-refractivity contribution is -0.147. The molecule has 0 aliphatic rings. The van der Waals surface area contributed by atoms with E-state index in [1.807, 2.05) is 32.0 Å². The summed E-state index contributed by atoms with van der Waals surface area (Å²) in [7, 11) is 0. The average Bonchev–Trinajstić information content (AvgIpc) is 2.40. The molecule has 0 aliphatic heterocycles. The predicted octanol–water partition coefficient (Wildman–Crippen LogP) is 2.69. The molecule has 0 saturated carbocycles. The van der Waals surface area contributed by atoms with E-state index >= 15 is 0 Å². The molecule has 0 aliphatic carbocycles. The molecule has 0 radical (unpaired) electrons. The van der Waals surface area contributed by atoms with Gasteiger partial charge in [0.15, 0.2) is 6.29 Å². The zero-order chi connectivity index (χ0) is 13.4. The largest absolute Gasteiger partial charge is 0.353 e. The highest BCUT2D eigenvalue weighted by Crippen LogP contribution is 2.29. The first kappa shape index (κ1) is 15.2. The summed E-state index contributed by atoms with van der Waals surface area (Å²) in [6, 6.07) is 10.3. The Bertz CT molecular complexity index is 323. The molecule has 0 fully saturated rings. The summed E-state index contributed by atoms with van der Waals surface area (Å²) in [5.74, 6) is 0. The van der Waals surface area contributed by atoms with Crippen molar-refractivity contribution in [1.29, 1.82) is 0 Å². The summed E-state index contributed by atoms with van der Waals surface area (Å²) >= 11 is 0. The van der Waals surface area contributed by atoms with Crippen molar-refractivity contribution in [2.45, 2.75) is 38.9 Å².